The fourth-order valence-electron chi connectivity index (χ4n) is 3.82. The minimum Gasteiger partial charge on any atom is -0.481 e. The van der Waals surface area contributed by atoms with Crippen LogP contribution in [0.5, 0.6) is 0 Å². The molecule has 2 N–H and O–H groups in total. The van der Waals surface area contributed by atoms with Crippen LogP contribution < -0.4 is 5.32 Å². The molecule has 7 heteroatoms. The van der Waals surface area contributed by atoms with Gasteiger partial charge in [-0.3, -0.25) is 9.59 Å². The molecule has 1 unspecified atom stereocenters. The Labute approximate surface area is 164 Å². The number of aryl methyl sites for hydroxylation is 1. The summed E-state index contributed by atoms with van der Waals surface area (Å²) in [4.78, 5) is 24.2. The van der Waals surface area contributed by atoms with E-state index in [-0.39, 0.29) is 18.9 Å². The van der Waals surface area contributed by atoms with Crippen LogP contribution in [0.2, 0.25) is 0 Å². The van der Waals surface area contributed by atoms with Crippen molar-refractivity contribution in [1.82, 2.24) is 15.1 Å². The maximum atomic E-state index is 13.0. The van der Waals surface area contributed by atoms with Crippen molar-refractivity contribution in [1.29, 1.82) is 0 Å². The zero-order valence-corrected chi connectivity index (χ0v) is 16.6. The topological polar surface area (TPSA) is 93.5 Å². The van der Waals surface area contributed by atoms with Crippen LogP contribution >= 0.6 is 0 Å². The van der Waals surface area contributed by atoms with Gasteiger partial charge in [-0.25, -0.2) is 4.68 Å². The number of benzene rings is 1. The number of methoxy groups -OCH3 is 1. The molecule has 28 heavy (non-hydrogen) atoms. The summed E-state index contributed by atoms with van der Waals surface area (Å²) in [5.41, 5.74) is 3.55. The van der Waals surface area contributed by atoms with Crippen molar-refractivity contribution in [2.24, 2.45) is 0 Å². The van der Waals surface area contributed by atoms with Crippen LogP contribution in [0.3, 0.4) is 0 Å². The largest absolute Gasteiger partial charge is 0.481 e. The molecule has 1 aliphatic carbocycles. The molecule has 2 aromatic rings. The minimum absolute atomic E-state index is 0.104. The lowest BCUT2D eigenvalue weighted by molar-refractivity contribution is -0.139. The van der Waals surface area contributed by atoms with Crippen LogP contribution in [0.4, 0.5) is 0 Å². The van der Waals surface area contributed by atoms with Gasteiger partial charge in [0.25, 0.3) is 5.91 Å². The highest BCUT2D eigenvalue weighted by molar-refractivity contribution is 5.95. The molecule has 1 atom stereocenters. The number of fused-ring (bicyclic) bond motifs is 1. The van der Waals surface area contributed by atoms with Gasteiger partial charge in [0, 0.05) is 18.4 Å². The van der Waals surface area contributed by atoms with Crippen molar-refractivity contribution in [3.63, 3.8) is 0 Å². The van der Waals surface area contributed by atoms with Gasteiger partial charge in [0.15, 0.2) is 5.69 Å². The number of rotatable bonds is 8. The number of hydrogen-bond donors (Lipinski definition) is 2. The third-order valence-electron chi connectivity index (χ3n) is 5.15. The molecule has 0 aliphatic heterocycles. The van der Waals surface area contributed by atoms with Crippen LogP contribution in [0.1, 0.15) is 54.0 Å². The Hall–Kier alpha value is -2.67. The lowest BCUT2D eigenvalue weighted by Gasteiger charge is -2.28. The average molecular weight is 385 g/mol. The lowest BCUT2D eigenvalue weighted by Crippen LogP contribution is -2.51. The quantitative estimate of drug-likeness (QED) is 0.728. The lowest BCUT2D eigenvalue weighted by atomic mass is 9.98. The van der Waals surface area contributed by atoms with E-state index in [1.54, 1.807) is 6.92 Å². The number of ether oxygens (including phenoxy) is 1. The second-order valence-electron chi connectivity index (χ2n) is 7.58. The Morgan fingerprint density at radius 1 is 1.29 bits per heavy atom. The normalized spacial score (nSPS) is 15.1. The molecule has 0 bridgehead atoms. The van der Waals surface area contributed by atoms with E-state index in [4.69, 9.17) is 4.74 Å². The first-order valence-electron chi connectivity index (χ1n) is 9.60. The van der Waals surface area contributed by atoms with Crippen molar-refractivity contribution in [2.45, 2.75) is 51.5 Å². The van der Waals surface area contributed by atoms with E-state index in [1.165, 1.54) is 12.7 Å². The van der Waals surface area contributed by atoms with E-state index < -0.39 is 11.5 Å². The van der Waals surface area contributed by atoms with Gasteiger partial charge in [0.05, 0.1) is 24.3 Å². The standard InChI is InChI=1S/C21H27N3O4/c1-4-14-8-10-15(11-9-14)24-17-7-5-6-16(17)19(23-24)20(27)22-21(2,13-28-3)12-18(25)26/h8-11H,4-7,12-13H2,1-3H3,(H,22,27)(H,25,26). The molecule has 0 saturated carbocycles. The number of aromatic nitrogens is 2. The van der Waals surface area contributed by atoms with Crippen LogP contribution in [-0.2, 0) is 28.8 Å². The first-order valence-corrected chi connectivity index (χ1v) is 9.60. The first kappa shape index (κ1) is 20.1. The van der Waals surface area contributed by atoms with Gasteiger partial charge >= 0.3 is 5.97 Å². The molecule has 7 nitrogen and oxygen atoms in total. The Morgan fingerprint density at radius 2 is 2.00 bits per heavy atom. The van der Waals surface area contributed by atoms with Crippen molar-refractivity contribution < 1.29 is 19.4 Å². The monoisotopic (exact) mass is 385 g/mol. The Balaban J connectivity index is 1.91. The molecular formula is C21H27N3O4. The molecule has 1 heterocycles. The highest BCUT2D eigenvalue weighted by atomic mass is 16.5. The summed E-state index contributed by atoms with van der Waals surface area (Å²) in [5.74, 6) is -1.35. The van der Waals surface area contributed by atoms with E-state index >= 15 is 0 Å². The molecule has 0 spiro atoms. The molecule has 0 saturated heterocycles. The van der Waals surface area contributed by atoms with Crippen molar-refractivity contribution in [2.75, 3.05) is 13.7 Å². The molecule has 1 aromatic heterocycles. The summed E-state index contributed by atoms with van der Waals surface area (Å²) in [6.45, 7) is 3.88. The van der Waals surface area contributed by atoms with Crippen LogP contribution in [0, 0.1) is 0 Å². The fraction of sp³-hybridized carbons (Fsp3) is 0.476. The number of carboxylic acids is 1. The highest BCUT2D eigenvalue weighted by Crippen LogP contribution is 2.28. The van der Waals surface area contributed by atoms with Crippen LogP contribution in [0.15, 0.2) is 24.3 Å². The van der Waals surface area contributed by atoms with Gasteiger partial charge in [-0.2, -0.15) is 5.10 Å². The predicted molar refractivity (Wildman–Crippen MR) is 105 cm³/mol. The molecule has 1 amide bonds. The Bertz CT molecular complexity index is 873. The third kappa shape index (κ3) is 4.09. The van der Waals surface area contributed by atoms with Crippen LogP contribution in [0.25, 0.3) is 5.69 Å². The van der Waals surface area contributed by atoms with Crippen LogP contribution in [-0.4, -0.2) is 46.0 Å². The first-order chi connectivity index (χ1) is 13.4. The zero-order valence-electron chi connectivity index (χ0n) is 16.6. The third-order valence-corrected chi connectivity index (χ3v) is 5.15. The average Bonchev–Trinajstić information content (AvgIpc) is 3.23. The van der Waals surface area contributed by atoms with E-state index in [2.05, 4.69) is 29.5 Å². The number of carbonyl (C=O) groups excluding carboxylic acids is 1. The van der Waals surface area contributed by atoms with Gasteiger partial charge in [-0.1, -0.05) is 19.1 Å². The molecule has 3 rings (SSSR count). The van der Waals surface area contributed by atoms with Gasteiger partial charge in [-0.15, -0.1) is 0 Å². The summed E-state index contributed by atoms with van der Waals surface area (Å²) in [6, 6.07) is 8.18. The second kappa shape index (κ2) is 8.14. The number of aliphatic carboxylic acids is 1. The SMILES string of the molecule is CCc1ccc(-n2nc(C(=O)NC(C)(COC)CC(=O)O)c3c2CCC3)cc1. The fourth-order valence-corrected chi connectivity index (χ4v) is 3.82. The summed E-state index contributed by atoms with van der Waals surface area (Å²) in [6.07, 6.45) is 3.38. The smallest absolute Gasteiger partial charge is 0.305 e. The highest BCUT2D eigenvalue weighted by Gasteiger charge is 2.33. The van der Waals surface area contributed by atoms with E-state index in [9.17, 15) is 14.7 Å². The number of amides is 1. The maximum Gasteiger partial charge on any atom is 0.305 e. The molecule has 150 valence electrons. The molecule has 0 radical (unpaired) electrons. The van der Waals surface area contributed by atoms with Gasteiger partial charge in [0.1, 0.15) is 0 Å². The molecule has 1 aromatic carbocycles. The number of hydrogen-bond acceptors (Lipinski definition) is 4. The summed E-state index contributed by atoms with van der Waals surface area (Å²) >= 11 is 0. The number of carbonyl (C=O) groups is 2. The van der Waals surface area contributed by atoms with Crippen molar-refractivity contribution in [3.8, 4) is 5.69 Å². The van der Waals surface area contributed by atoms with E-state index in [0.29, 0.717) is 5.69 Å². The van der Waals surface area contributed by atoms with Crippen molar-refractivity contribution in [3.05, 3.63) is 46.8 Å². The summed E-state index contributed by atoms with van der Waals surface area (Å²) in [7, 11) is 1.48. The Kier molecular flexibility index (Phi) is 5.84. The molecular weight excluding hydrogens is 358 g/mol. The number of carboxylic acid groups (broad SMARTS) is 1. The molecule has 0 fully saturated rings. The predicted octanol–water partition coefficient (Wildman–Crippen LogP) is 2.53. The van der Waals surface area contributed by atoms with Gasteiger partial charge in [0.2, 0.25) is 0 Å². The molecule has 1 aliphatic rings. The van der Waals surface area contributed by atoms with E-state index in [1.807, 2.05) is 16.8 Å². The van der Waals surface area contributed by atoms with E-state index in [0.717, 1.165) is 42.6 Å². The van der Waals surface area contributed by atoms with Gasteiger partial charge < -0.3 is 15.2 Å². The zero-order chi connectivity index (χ0) is 20.3. The second-order valence-corrected chi connectivity index (χ2v) is 7.58. The number of nitrogens with zero attached hydrogens (tertiary/aromatic N) is 2. The van der Waals surface area contributed by atoms with Crippen molar-refractivity contribution >= 4 is 11.9 Å². The summed E-state index contributed by atoms with van der Waals surface area (Å²) < 4.78 is 6.98. The maximum absolute atomic E-state index is 13.0. The Morgan fingerprint density at radius 3 is 2.61 bits per heavy atom. The number of nitrogens with one attached hydrogen (secondary N) is 1. The van der Waals surface area contributed by atoms with Gasteiger partial charge in [-0.05, 0) is 50.3 Å². The summed E-state index contributed by atoms with van der Waals surface area (Å²) in [5, 5.41) is 16.6. The minimum atomic E-state index is -1.00.